The van der Waals surface area contributed by atoms with Crippen molar-refractivity contribution in [3.8, 4) is 11.5 Å². The van der Waals surface area contributed by atoms with E-state index >= 15 is 0 Å². The lowest BCUT2D eigenvalue weighted by molar-refractivity contribution is 0.0497. The third-order valence-electron chi connectivity index (χ3n) is 3.83. The van der Waals surface area contributed by atoms with Gasteiger partial charge in [-0.3, -0.25) is 4.79 Å². The molecule has 0 saturated carbocycles. The molecule has 1 fully saturated rings. The Hall–Kier alpha value is -2.50. The number of methoxy groups -OCH3 is 1. The first-order valence-corrected chi connectivity index (χ1v) is 7.68. The van der Waals surface area contributed by atoms with Crippen LogP contribution in [-0.2, 0) is 0 Å². The number of benzene rings is 1. The number of aryl methyl sites for hydroxylation is 1. The van der Waals surface area contributed by atoms with Gasteiger partial charge < -0.3 is 18.8 Å². The Morgan fingerprint density at radius 1 is 1.35 bits per heavy atom. The summed E-state index contributed by atoms with van der Waals surface area (Å²) < 4.78 is 16.7. The number of piperidine rings is 1. The van der Waals surface area contributed by atoms with E-state index in [2.05, 4.69) is 4.98 Å². The van der Waals surface area contributed by atoms with Gasteiger partial charge in [-0.2, -0.15) is 0 Å². The molecule has 3 rings (SSSR count). The molecule has 1 aromatic carbocycles. The Morgan fingerprint density at radius 3 is 2.83 bits per heavy atom. The van der Waals surface area contributed by atoms with Crippen LogP contribution in [0.2, 0.25) is 0 Å². The summed E-state index contributed by atoms with van der Waals surface area (Å²) in [7, 11) is 1.61. The average molecular weight is 316 g/mol. The zero-order valence-corrected chi connectivity index (χ0v) is 13.3. The van der Waals surface area contributed by atoms with Crippen molar-refractivity contribution in [1.82, 2.24) is 9.88 Å². The first-order chi connectivity index (χ1) is 11.2. The van der Waals surface area contributed by atoms with Gasteiger partial charge in [0, 0.05) is 6.54 Å². The Bertz CT molecular complexity index is 683. The van der Waals surface area contributed by atoms with Gasteiger partial charge in [-0.1, -0.05) is 12.1 Å². The molecule has 1 aliphatic rings. The highest BCUT2D eigenvalue weighted by molar-refractivity contribution is 5.89. The van der Waals surface area contributed by atoms with Crippen LogP contribution in [0, 0.1) is 6.92 Å². The van der Waals surface area contributed by atoms with Gasteiger partial charge in [0.25, 0.3) is 5.89 Å². The third kappa shape index (κ3) is 3.47. The quantitative estimate of drug-likeness (QED) is 0.867. The number of nitrogens with zero attached hydrogens (tertiary/aromatic N) is 2. The van der Waals surface area contributed by atoms with E-state index in [1.54, 1.807) is 25.1 Å². The van der Waals surface area contributed by atoms with Crippen LogP contribution < -0.4 is 9.47 Å². The van der Waals surface area contributed by atoms with E-state index < -0.39 is 0 Å². The predicted molar refractivity (Wildman–Crippen MR) is 83.8 cm³/mol. The fourth-order valence-corrected chi connectivity index (χ4v) is 2.70. The SMILES string of the molecule is COc1ccccc1O[C@H]1CCCN(C(=O)c2ncc(C)o2)C1. The predicted octanol–water partition coefficient (Wildman–Crippen LogP) is 2.68. The molecule has 0 unspecified atom stereocenters. The van der Waals surface area contributed by atoms with Crippen LogP contribution in [0.4, 0.5) is 0 Å². The van der Waals surface area contributed by atoms with E-state index in [4.69, 9.17) is 13.9 Å². The van der Waals surface area contributed by atoms with E-state index in [9.17, 15) is 4.79 Å². The second kappa shape index (κ2) is 6.73. The number of para-hydroxylation sites is 2. The first kappa shape index (κ1) is 15.4. The van der Waals surface area contributed by atoms with Gasteiger partial charge >= 0.3 is 5.91 Å². The zero-order chi connectivity index (χ0) is 16.2. The molecule has 1 amide bonds. The van der Waals surface area contributed by atoms with Gasteiger partial charge in [0.1, 0.15) is 11.9 Å². The van der Waals surface area contributed by atoms with Crippen LogP contribution in [0.15, 0.2) is 34.9 Å². The monoisotopic (exact) mass is 316 g/mol. The van der Waals surface area contributed by atoms with Gasteiger partial charge in [-0.15, -0.1) is 0 Å². The highest BCUT2D eigenvalue weighted by Crippen LogP contribution is 2.28. The number of carbonyl (C=O) groups is 1. The molecule has 0 N–H and O–H groups in total. The maximum absolute atomic E-state index is 12.4. The molecule has 1 saturated heterocycles. The number of hydrogen-bond donors (Lipinski definition) is 0. The molecular weight excluding hydrogens is 296 g/mol. The summed E-state index contributed by atoms with van der Waals surface area (Å²) in [5, 5.41) is 0. The summed E-state index contributed by atoms with van der Waals surface area (Å²) in [6, 6.07) is 7.53. The van der Waals surface area contributed by atoms with Gasteiger partial charge in [-0.05, 0) is 31.9 Å². The molecular formula is C17H20N2O4. The van der Waals surface area contributed by atoms with Crippen LogP contribution in [0.5, 0.6) is 11.5 Å². The summed E-state index contributed by atoms with van der Waals surface area (Å²) >= 11 is 0. The number of rotatable bonds is 4. The minimum Gasteiger partial charge on any atom is -0.493 e. The highest BCUT2D eigenvalue weighted by atomic mass is 16.5. The van der Waals surface area contributed by atoms with Crippen LogP contribution in [0.3, 0.4) is 0 Å². The lowest BCUT2D eigenvalue weighted by atomic mass is 10.1. The molecule has 122 valence electrons. The van der Waals surface area contributed by atoms with Crippen molar-refractivity contribution in [3.63, 3.8) is 0 Å². The van der Waals surface area contributed by atoms with E-state index in [1.807, 2.05) is 24.3 Å². The van der Waals surface area contributed by atoms with Gasteiger partial charge in [0.2, 0.25) is 0 Å². The summed E-state index contributed by atoms with van der Waals surface area (Å²) in [6.07, 6.45) is 3.26. The lowest BCUT2D eigenvalue weighted by Crippen LogP contribution is -2.44. The topological polar surface area (TPSA) is 64.8 Å². The van der Waals surface area contributed by atoms with Crippen LogP contribution >= 0.6 is 0 Å². The molecule has 0 bridgehead atoms. The third-order valence-corrected chi connectivity index (χ3v) is 3.83. The summed E-state index contributed by atoms with van der Waals surface area (Å²) in [4.78, 5) is 18.2. The molecule has 6 heteroatoms. The second-order valence-electron chi connectivity index (χ2n) is 5.56. The van der Waals surface area contributed by atoms with E-state index in [0.29, 0.717) is 30.3 Å². The molecule has 0 aliphatic carbocycles. The van der Waals surface area contributed by atoms with Gasteiger partial charge in [0.15, 0.2) is 11.5 Å². The minimum absolute atomic E-state index is 0.0694. The average Bonchev–Trinajstić information content (AvgIpc) is 3.01. The number of amides is 1. The summed E-state index contributed by atoms with van der Waals surface area (Å²) in [5.74, 6) is 1.97. The Morgan fingerprint density at radius 2 is 2.13 bits per heavy atom. The minimum atomic E-state index is -0.188. The summed E-state index contributed by atoms with van der Waals surface area (Å²) in [5.41, 5.74) is 0. The van der Waals surface area contributed by atoms with E-state index in [1.165, 1.54) is 0 Å². The van der Waals surface area contributed by atoms with E-state index in [0.717, 1.165) is 12.8 Å². The molecule has 6 nitrogen and oxygen atoms in total. The molecule has 2 heterocycles. The van der Waals surface area contributed by atoms with Crippen molar-refractivity contribution < 1.29 is 18.7 Å². The zero-order valence-electron chi connectivity index (χ0n) is 13.3. The number of hydrogen-bond acceptors (Lipinski definition) is 5. The van der Waals surface area contributed by atoms with Crippen molar-refractivity contribution in [2.75, 3.05) is 20.2 Å². The maximum atomic E-state index is 12.4. The van der Waals surface area contributed by atoms with Crippen molar-refractivity contribution in [3.05, 3.63) is 42.1 Å². The Balaban J connectivity index is 1.67. The maximum Gasteiger partial charge on any atom is 0.309 e. The van der Waals surface area contributed by atoms with E-state index in [-0.39, 0.29) is 17.9 Å². The largest absolute Gasteiger partial charge is 0.493 e. The molecule has 23 heavy (non-hydrogen) atoms. The normalized spacial score (nSPS) is 17.8. The van der Waals surface area contributed by atoms with Crippen LogP contribution in [0.25, 0.3) is 0 Å². The van der Waals surface area contributed by atoms with Crippen molar-refractivity contribution in [1.29, 1.82) is 0 Å². The van der Waals surface area contributed by atoms with Crippen LogP contribution in [0.1, 0.15) is 29.3 Å². The number of ether oxygens (including phenoxy) is 2. The number of likely N-dealkylation sites (tertiary alicyclic amines) is 1. The molecule has 2 aromatic rings. The molecule has 0 radical (unpaired) electrons. The molecule has 1 atom stereocenters. The first-order valence-electron chi connectivity index (χ1n) is 7.68. The fourth-order valence-electron chi connectivity index (χ4n) is 2.70. The molecule has 1 aliphatic heterocycles. The molecule has 0 spiro atoms. The Labute approximate surface area is 135 Å². The number of carbonyl (C=O) groups excluding carboxylic acids is 1. The molecule has 1 aromatic heterocycles. The van der Waals surface area contributed by atoms with Gasteiger partial charge in [0.05, 0.1) is 19.9 Å². The van der Waals surface area contributed by atoms with Gasteiger partial charge in [-0.25, -0.2) is 4.98 Å². The van der Waals surface area contributed by atoms with Crippen molar-refractivity contribution in [2.24, 2.45) is 0 Å². The number of aromatic nitrogens is 1. The lowest BCUT2D eigenvalue weighted by Gasteiger charge is -2.32. The smallest absolute Gasteiger partial charge is 0.309 e. The second-order valence-corrected chi connectivity index (χ2v) is 5.56. The standard InChI is InChI=1S/C17H20N2O4/c1-12-10-18-16(22-12)17(20)19-9-5-6-13(11-19)23-15-8-4-3-7-14(15)21-2/h3-4,7-8,10,13H,5-6,9,11H2,1-2H3/t13-/m0/s1. The summed E-state index contributed by atoms with van der Waals surface area (Å²) in [6.45, 7) is 2.97. The van der Waals surface area contributed by atoms with Crippen molar-refractivity contribution >= 4 is 5.91 Å². The van der Waals surface area contributed by atoms with Crippen molar-refractivity contribution in [2.45, 2.75) is 25.9 Å². The fraction of sp³-hybridized carbons (Fsp3) is 0.412. The number of oxazole rings is 1. The Kier molecular flexibility index (Phi) is 4.50. The highest BCUT2D eigenvalue weighted by Gasteiger charge is 2.28. The van der Waals surface area contributed by atoms with Crippen LogP contribution in [-0.4, -0.2) is 42.1 Å².